The topological polar surface area (TPSA) is 38.0 Å². The van der Waals surface area contributed by atoms with Gasteiger partial charge in [-0.1, -0.05) is 45.2 Å². The van der Waals surface area contributed by atoms with Gasteiger partial charge in [-0.05, 0) is 47.9 Å². The molecule has 2 nitrogen and oxygen atoms in total. The van der Waals surface area contributed by atoms with Crippen molar-refractivity contribution in [1.82, 2.24) is 5.43 Å². The molecule has 6 heteroatoms. The highest BCUT2D eigenvalue weighted by Crippen LogP contribution is 2.27. The van der Waals surface area contributed by atoms with Crippen LogP contribution in [0, 0.1) is 5.82 Å². The first-order chi connectivity index (χ1) is 9.49. The molecule has 0 radical (unpaired) electrons. The molecule has 0 bridgehead atoms. The van der Waals surface area contributed by atoms with E-state index in [0.717, 1.165) is 11.1 Å². The maximum Gasteiger partial charge on any atom is 0.124 e. The molecular weight excluding hydrogens is 366 g/mol. The lowest BCUT2D eigenvalue weighted by molar-refractivity contribution is 0.544. The minimum atomic E-state index is -0.322. The van der Waals surface area contributed by atoms with Gasteiger partial charge in [-0.25, -0.2) is 4.39 Å². The van der Waals surface area contributed by atoms with Crippen molar-refractivity contribution < 1.29 is 4.39 Å². The molecule has 0 saturated carbocycles. The summed E-state index contributed by atoms with van der Waals surface area (Å²) in [5.41, 5.74) is 4.31. The van der Waals surface area contributed by atoms with Crippen LogP contribution >= 0.6 is 39.1 Å². The SMILES string of the molecule is NNC(Cc1ccc(Cl)cc1Cl)c1cc(F)cc(Br)c1. The van der Waals surface area contributed by atoms with E-state index in [1.807, 2.05) is 12.1 Å². The zero-order valence-corrected chi connectivity index (χ0v) is 13.4. The standard InChI is InChI=1S/C14H12BrCl2FN2/c15-10-3-9(4-12(18)6-10)14(20-19)5-8-1-2-11(16)7-13(8)17/h1-4,6-7,14,20H,5,19H2. The van der Waals surface area contributed by atoms with Gasteiger partial charge in [0.1, 0.15) is 5.82 Å². The van der Waals surface area contributed by atoms with Crippen molar-refractivity contribution >= 4 is 39.1 Å². The number of hydrazine groups is 1. The third kappa shape index (κ3) is 3.93. The Morgan fingerprint density at radius 1 is 1.20 bits per heavy atom. The Hall–Kier alpha value is -0.650. The molecule has 0 saturated heterocycles. The molecule has 0 fully saturated rings. The predicted molar refractivity (Wildman–Crippen MR) is 84.3 cm³/mol. The van der Waals surface area contributed by atoms with E-state index in [-0.39, 0.29) is 11.9 Å². The summed E-state index contributed by atoms with van der Waals surface area (Å²) < 4.78 is 14.1. The average Bonchev–Trinajstić information content (AvgIpc) is 2.36. The van der Waals surface area contributed by atoms with Gasteiger partial charge in [-0.3, -0.25) is 11.3 Å². The zero-order chi connectivity index (χ0) is 14.7. The minimum absolute atomic E-state index is 0.249. The monoisotopic (exact) mass is 376 g/mol. The van der Waals surface area contributed by atoms with Crippen molar-refractivity contribution in [2.45, 2.75) is 12.5 Å². The number of benzene rings is 2. The number of hydrogen-bond donors (Lipinski definition) is 2. The lowest BCUT2D eigenvalue weighted by Crippen LogP contribution is -2.29. The Labute approximate surface area is 135 Å². The van der Waals surface area contributed by atoms with Crippen LogP contribution in [-0.2, 0) is 6.42 Å². The molecule has 2 aromatic carbocycles. The molecular formula is C14H12BrCl2FN2. The minimum Gasteiger partial charge on any atom is -0.271 e. The fraction of sp³-hybridized carbons (Fsp3) is 0.143. The van der Waals surface area contributed by atoms with Crippen molar-refractivity contribution in [3.05, 3.63) is 67.9 Å². The summed E-state index contributed by atoms with van der Waals surface area (Å²) in [5.74, 6) is 5.25. The van der Waals surface area contributed by atoms with Gasteiger partial charge in [0.05, 0.1) is 6.04 Å². The van der Waals surface area contributed by atoms with Crippen LogP contribution in [0.2, 0.25) is 10.0 Å². The van der Waals surface area contributed by atoms with Gasteiger partial charge in [-0.2, -0.15) is 0 Å². The van der Waals surface area contributed by atoms with Crippen LogP contribution in [-0.4, -0.2) is 0 Å². The van der Waals surface area contributed by atoms with E-state index in [1.165, 1.54) is 12.1 Å². The van der Waals surface area contributed by atoms with E-state index < -0.39 is 0 Å². The number of nitrogens with one attached hydrogen (secondary N) is 1. The molecule has 0 aliphatic heterocycles. The molecule has 106 valence electrons. The Balaban J connectivity index is 2.28. The van der Waals surface area contributed by atoms with Crippen LogP contribution in [0.15, 0.2) is 40.9 Å². The predicted octanol–water partition coefficient (Wildman–Crippen LogP) is 4.64. The van der Waals surface area contributed by atoms with Crippen LogP contribution in [0.4, 0.5) is 4.39 Å². The summed E-state index contributed by atoms with van der Waals surface area (Å²) in [6, 6.07) is 9.68. The molecule has 2 aromatic rings. The van der Waals surface area contributed by atoms with Crippen LogP contribution in [0.25, 0.3) is 0 Å². The smallest absolute Gasteiger partial charge is 0.124 e. The average molecular weight is 378 g/mol. The number of halogens is 4. The molecule has 0 aliphatic rings. The van der Waals surface area contributed by atoms with Crippen LogP contribution in [0.5, 0.6) is 0 Å². The van der Waals surface area contributed by atoms with Gasteiger partial charge in [0.2, 0.25) is 0 Å². The molecule has 2 rings (SSSR count). The first-order valence-electron chi connectivity index (χ1n) is 5.85. The van der Waals surface area contributed by atoms with Crippen LogP contribution < -0.4 is 11.3 Å². The fourth-order valence-electron chi connectivity index (χ4n) is 1.96. The first-order valence-corrected chi connectivity index (χ1v) is 7.40. The van der Waals surface area contributed by atoms with Crippen molar-refractivity contribution in [2.24, 2.45) is 5.84 Å². The molecule has 0 aromatic heterocycles. The summed E-state index contributed by atoms with van der Waals surface area (Å²) >= 11 is 15.3. The highest BCUT2D eigenvalue weighted by Gasteiger charge is 2.14. The maximum absolute atomic E-state index is 13.5. The molecule has 1 unspecified atom stereocenters. The fourth-order valence-corrected chi connectivity index (χ4v) is 2.93. The second-order valence-corrected chi connectivity index (χ2v) is 6.12. The van der Waals surface area contributed by atoms with E-state index in [0.29, 0.717) is 20.9 Å². The lowest BCUT2D eigenvalue weighted by atomic mass is 9.99. The second kappa shape index (κ2) is 6.87. The normalized spacial score (nSPS) is 12.4. The zero-order valence-electron chi connectivity index (χ0n) is 10.3. The van der Waals surface area contributed by atoms with E-state index in [4.69, 9.17) is 29.0 Å². The summed E-state index contributed by atoms with van der Waals surface area (Å²) in [6.45, 7) is 0. The van der Waals surface area contributed by atoms with E-state index in [1.54, 1.807) is 12.1 Å². The molecule has 0 spiro atoms. The molecule has 0 aliphatic carbocycles. The highest BCUT2D eigenvalue weighted by molar-refractivity contribution is 9.10. The summed E-state index contributed by atoms with van der Waals surface area (Å²) in [4.78, 5) is 0. The third-order valence-corrected chi connectivity index (χ3v) is 3.97. The summed E-state index contributed by atoms with van der Waals surface area (Å²) in [5, 5.41) is 1.14. The Kier molecular flexibility index (Phi) is 5.41. The Morgan fingerprint density at radius 2 is 1.95 bits per heavy atom. The maximum atomic E-state index is 13.5. The van der Waals surface area contributed by atoms with Gasteiger partial charge in [0, 0.05) is 14.5 Å². The first kappa shape index (κ1) is 15.7. The van der Waals surface area contributed by atoms with Crippen LogP contribution in [0.3, 0.4) is 0 Å². The van der Waals surface area contributed by atoms with Gasteiger partial charge in [-0.15, -0.1) is 0 Å². The van der Waals surface area contributed by atoms with E-state index in [9.17, 15) is 4.39 Å². The van der Waals surface area contributed by atoms with E-state index >= 15 is 0 Å². The molecule has 20 heavy (non-hydrogen) atoms. The Morgan fingerprint density at radius 3 is 2.55 bits per heavy atom. The molecule has 1 atom stereocenters. The number of rotatable bonds is 4. The molecule has 0 amide bonds. The summed E-state index contributed by atoms with van der Waals surface area (Å²) in [6.07, 6.45) is 0.530. The number of hydrogen-bond acceptors (Lipinski definition) is 2. The highest BCUT2D eigenvalue weighted by atomic mass is 79.9. The largest absolute Gasteiger partial charge is 0.271 e. The third-order valence-electron chi connectivity index (χ3n) is 2.93. The van der Waals surface area contributed by atoms with Crippen molar-refractivity contribution in [3.8, 4) is 0 Å². The number of nitrogens with two attached hydrogens (primary N) is 1. The van der Waals surface area contributed by atoms with Crippen molar-refractivity contribution in [2.75, 3.05) is 0 Å². The summed E-state index contributed by atoms with van der Waals surface area (Å²) in [7, 11) is 0. The van der Waals surface area contributed by atoms with Crippen molar-refractivity contribution in [1.29, 1.82) is 0 Å². The van der Waals surface area contributed by atoms with Gasteiger partial charge >= 0.3 is 0 Å². The second-order valence-electron chi connectivity index (χ2n) is 4.36. The van der Waals surface area contributed by atoms with Crippen molar-refractivity contribution in [3.63, 3.8) is 0 Å². The van der Waals surface area contributed by atoms with Gasteiger partial charge in [0.15, 0.2) is 0 Å². The quantitative estimate of drug-likeness (QED) is 0.601. The van der Waals surface area contributed by atoms with Crippen LogP contribution in [0.1, 0.15) is 17.2 Å². The van der Waals surface area contributed by atoms with Gasteiger partial charge < -0.3 is 0 Å². The lowest BCUT2D eigenvalue weighted by Gasteiger charge is -2.18. The Bertz CT molecular complexity index is 602. The van der Waals surface area contributed by atoms with E-state index in [2.05, 4.69) is 21.4 Å². The molecule has 0 heterocycles. The van der Waals surface area contributed by atoms with Gasteiger partial charge in [0.25, 0.3) is 0 Å². The molecule has 3 N–H and O–H groups in total.